The number of rotatable bonds is 4. The van der Waals surface area contributed by atoms with E-state index in [1.54, 1.807) is 11.8 Å². The zero-order valence-corrected chi connectivity index (χ0v) is 13.5. The molecule has 2 N–H and O–H groups in total. The number of amides is 1. The first kappa shape index (κ1) is 18.0. The van der Waals surface area contributed by atoms with Crippen molar-refractivity contribution in [2.45, 2.75) is 28.8 Å². The number of nitrogens with one attached hydrogen (secondary N) is 1. The van der Waals surface area contributed by atoms with Crippen LogP contribution in [0.15, 0.2) is 29.2 Å². The van der Waals surface area contributed by atoms with Gasteiger partial charge in [0, 0.05) is 10.5 Å². The summed E-state index contributed by atoms with van der Waals surface area (Å²) in [6.45, 7) is 0. The third-order valence-electron chi connectivity index (χ3n) is 3.46. The smallest absolute Gasteiger partial charge is 0.446 e. The van der Waals surface area contributed by atoms with Gasteiger partial charge in [-0.25, -0.2) is 4.79 Å². The molecular weight excluding hydrogens is 351 g/mol. The van der Waals surface area contributed by atoms with E-state index in [0.717, 1.165) is 0 Å². The highest BCUT2D eigenvalue weighted by Crippen LogP contribution is 2.36. The molecule has 1 amide bonds. The summed E-state index contributed by atoms with van der Waals surface area (Å²) in [5.74, 6) is -0.417. The van der Waals surface area contributed by atoms with Gasteiger partial charge in [-0.3, -0.25) is 4.79 Å². The molecular formula is C14H14F3NO3S2. The predicted octanol–water partition coefficient (Wildman–Crippen LogP) is 3.38. The molecule has 9 heteroatoms. The van der Waals surface area contributed by atoms with E-state index >= 15 is 0 Å². The van der Waals surface area contributed by atoms with Gasteiger partial charge in [-0.1, -0.05) is 0 Å². The minimum absolute atomic E-state index is 0.0314. The zero-order valence-electron chi connectivity index (χ0n) is 11.9. The first-order valence-corrected chi connectivity index (χ1v) is 8.68. The van der Waals surface area contributed by atoms with Crippen LogP contribution in [0.3, 0.4) is 0 Å². The summed E-state index contributed by atoms with van der Waals surface area (Å²) >= 11 is 1.35. The van der Waals surface area contributed by atoms with Crippen molar-refractivity contribution in [1.29, 1.82) is 0 Å². The second kappa shape index (κ2) is 7.04. The van der Waals surface area contributed by atoms with Crippen LogP contribution in [-0.4, -0.2) is 39.5 Å². The van der Waals surface area contributed by atoms with Crippen molar-refractivity contribution in [3.05, 3.63) is 29.8 Å². The lowest BCUT2D eigenvalue weighted by molar-refractivity contribution is -0.144. The lowest BCUT2D eigenvalue weighted by Crippen LogP contribution is -2.56. The van der Waals surface area contributed by atoms with Crippen molar-refractivity contribution in [3.8, 4) is 0 Å². The fourth-order valence-corrected chi connectivity index (χ4v) is 3.94. The molecule has 1 heterocycles. The third kappa shape index (κ3) is 4.81. The maximum absolute atomic E-state index is 12.3. The number of hydrogen-bond acceptors (Lipinski definition) is 4. The maximum atomic E-state index is 12.3. The van der Waals surface area contributed by atoms with Gasteiger partial charge in [0.2, 0.25) is 0 Å². The summed E-state index contributed by atoms with van der Waals surface area (Å²) in [6.07, 6.45) is 0.640. The number of carbonyl (C=O) groups excluding carboxylic acids is 1. The standard InChI is InChI=1S/C14H14F3NO3S2/c15-14(16,17)23-10-3-1-9(2-4-10)11(19)18-13(12(20)21)5-7-22-8-6-13/h1-4H,5-8H2,(H,18,19)(H,20,21). The molecule has 126 valence electrons. The van der Waals surface area contributed by atoms with Crippen LogP contribution in [0.5, 0.6) is 0 Å². The van der Waals surface area contributed by atoms with Gasteiger partial charge in [-0.05, 0) is 60.4 Å². The topological polar surface area (TPSA) is 66.4 Å². The van der Waals surface area contributed by atoms with Gasteiger partial charge in [0.25, 0.3) is 5.91 Å². The summed E-state index contributed by atoms with van der Waals surface area (Å²) in [5.41, 5.74) is -5.56. The molecule has 0 aliphatic carbocycles. The Morgan fingerprint density at radius 1 is 1.17 bits per heavy atom. The van der Waals surface area contributed by atoms with E-state index in [2.05, 4.69) is 5.32 Å². The van der Waals surface area contributed by atoms with Crippen molar-refractivity contribution >= 4 is 35.4 Å². The van der Waals surface area contributed by atoms with Gasteiger partial charge < -0.3 is 10.4 Å². The summed E-state index contributed by atoms with van der Waals surface area (Å²) in [4.78, 5) is 23.7. The van der Waals surface area contributed by atoms with Crippen LogP contribution < -0.4 is 5.32 Å². The molecule has 0 unspecified atom stereocenters. The summed E-state index contributed by atoms with van der Waals surface area (Å²) in [5, 5.41) is 11.9. The average molecular weight is 365 g/mol. The summed E-state index contributed by atoms with van der Waals surface area (Å²) in [7, 11) is 0. The molecule has 1 saturated heterocycles. The Morgan fingerprint density at radius 3 is 2.22 bits per heavy atom. The normalized spacial score (nSPS) is 17.5. The van der Waals surface area contributed by atoms with E-state index in [0.29, 0.717) is 24.3 Å². The Morgan fingerprint density at radius 2 is 1.74 bits per heavy atom. The van der Waals surface area contributed by atoms with Crippen LogP contribution in [0.4, 0.5) is 13.2 Å². The molecule has 0 aromatic heterocycles. The predicted molar refractivity (Wildman–Crippen MR) is 82.7 cm³/mol. The number of carboxylic acid groups (broad SMARTS) is 1. The molecule has 0 atom stereocenters. The number of halogens is 3. The summed E-state index contributed by atoms with van der Waals surface area (Å²) in [6, 6.07) is 4.90. The average Bonchev–Trinajstić information content (AvgIpc) is 2.47. The molecule has 1 fully saturated rings. The summed E-state index contributed by atoms with van der Waals surface area (Å²) < 4.78 is 36.8. The van der Waals surface area contributed by atoms with E-state index in [4.69, 9.17) is 0 Å². The first-order chi connectivity index (χ1) is 10.7. The monoisotopic (exact) mass is 365 g/mol. The molecule has 1 aliphatic heterocycles. The fourth-order valence-electron chi connectivity index (χ4n) is 2.21. The Labute approximate surface area is 139 Å². The molecule has 0 radical (unpaired) electrons. The van der Waals surface area contributed by atoms with E-state index in [1.807, 2.05) is 0 Å². The number of alkyl halides is 3. The Hall–Kier alpha value is -1.35. The van der Waals surface area contributed by atoms with Crippen LogP contribution >= 0.6 is 23.5 Å². The molecule has 23 heavy (non-hydrogen) atoms. The number of hydrogen-bond donors (Lipinski definition) is 2. The minimum atomic E-state index is -4.39. The van der Waals surface area contributed by atoms with Gasteiger partial charge in [-0.2, -0.15) is 24.9 Å². The second-order valence-corrected chi connectivity index (χ2v) is 7.39. The molecule has 0 saturated carbocycles. The lowest BCUT2D eigenvalue weighted by atomic mass is 9.92. The highest BCUT2D eigenvalue weighted by molar-refractivity contribution is 8.00. The van der Waals surface area contributed by atoms with Crippen molar-refractivity contribution in [2.24, 2.45) is 0 Å². The van der Waals surface area contributed by atoms with Gasteiger partial charge >= 0.3 is 11.5 Å². The molecule has 2 rings (SSSR count). The van der Waals surface area contributed by atoms with E-state index in [1.165, 1.54) is 24.3 Å². The van der Waals surface area contributed by atoms with Crippen LogP contribution in [-0.2, 0) is 4.79 Å². The number of aliphatic carboxylic acids is 1. The Bertz CT molecular complexity index is 584. The van der Waals surface area contributed by atoms with Crippen LogP contribution in [0.2, 0.25) is 0 Å². The Balaban J connectivity index is 2.09. The largest absolute Gasteiger partial charge is 0.480 e. The van der Waals surface area contributed by atoms with Crippen LogP contribution in [0.1, 0.15) is 23.2 Å². The van der Waals surface area contributed by atoms with Gasteiger partial charge in [0.15, 0.2) is 0 Å². The second-order valence-electron chi connectivity index (χ2n) is 5.03. The van der Waals surface area contributed by atoms with Gasteiger partial charge in [0.1, 0.15) is 5.54 Å². The highest BCUT2D eigenvalue weighted by Gasteiger charge is 2.41. The molecule has 1 aliphatic rings. The van der Waals surface area contributed by atoms with Crippen LogP contribution in [0, 0.1) is 0 Å². The Kier molecular flexibility index (Phi) is 5.51. The number of carboxylic acids is 1. The molecule has 1 aromatic carbocycles. The SMILES string of the molecule is O=C(NC1(C(=O)O)CCSCC1)c1ccc(SC(F)(F)F)cc1. The highest BCUT2D eigenvalue weighted by atomic mass is 32.2. The lowest BCUT2D eigenvalue weighted by Gasteiger charge is -2.33. The minimum Gasteiger partial charge on any atom is -0.480 e. The maximum Gasteiger partial charge on any atom is 0.446 e. The quantitative estimate of drug-likeness (QED) is 0.801. The fraction of sp³-hybridized carbons (Fsp3) is 0.429. The molecule has 1 aromatic rings. The number of benzene rings is 1. The molecule has 4 nitrogen and oxygen atoms in total. The zero-order chi connectivity index (χ0) is 17.1. The third-order valence-corrected chi connectivity index (χ3v) is 5.18. The van der Waals surface area contributed by atoms with Crippen molar-refractivity contribution in [1.82, 2.24) is 5.32 Å². The van der Waals surface area contributed by atoms with Crippen molar-refractivity contribution in [2.75, 3.05) is 11.5 Å². The molecule has 0 spiro atoms. The van der Waals surface area contributed by atoms with Crippen molar-refractivity contribution < 1.29 is 27.9 Å². The van der Waals surface area contributed by atoms with Gasteiger partial charge in [0.05, 0.1) is 0 Å². The van der Waals surface area contributed by atoms with E-state index in [9.17, 15) is 27.9 Å². The number of thioether (sulfide) groups is 2. The van der Waals surface area contributed by atoms with E-state index in [-0.39, 0.29) is 22.2 Å². The van der Waals surface area contributed by atoms with Crippen molar-refractivity contribution in [3.63, 3.8) is 0 Å². The van der Waals surface area contributed by atoms with E-state index < -0.39 is 22.9 Å². The number of carbonyl (C=O) groups is 2. The van der Waals surface area contributed by atoms with Gasteiger partial charge in [-0.15, -0.1) is 0 Å². The van der Waals surface area contributed by atoms with Crippen LogP contribution in [0.25, 0.3) is 0 Å². The molecule has 0 bridgehead atoms. The first-order valence-electron chi connectivity index (χ1n) is 6.71.